The number of furan rings is 1. The number of methoxy groups -OCH3 is 1. The first-order chi connectivity index (χ1) is 12.0. The first kappa shape index (κ1) is 18.2. The lowest BCUT2D eigenvalue weighted by Gasteiger charge is -2.03. The van der Waals surface area contributed by atoms with Crippen molar-refractivity contribution in [2.45, 2.75) is 19.8 Å². The number of rotatable bonds is 7. The summed E-state index contributed by atoms with van der Waals surface area (Å²) in [7, 11) is 1.34. The van der Waals surface area contributed by atoms with Gasteiger partial charge in [0.05, 0.1) is 13.5 Å². The largest absolute Gasteiger partial charge is 0.469 e. The van der Waals surface area contributed by atoms with Gasteiger partial charge >= 0.3 is 5.97 Å². The number of esters is 1. The van der Waals surface area contributed by atoms with Gasteiger partial charge in [-0.25, -0.2) is 0 Å². The molecule has 0 spiro atoms. The van der Waals surface area contributed by atoms with Crippen molar-refractivity contribution < 1.29 is 23.5 Å². The summed E-state index contributed by atoms with van der Waals surface area (Å²) in [6, 6.07) is 10.2. The van der Waals surface area contributed by atoms with Gasteiger partial charge in [-0.05, 0) is 37.3 Å². The Hall–Kier alpha value is -3.15. The van der Waals surface area contributed by atoms with Crippen LogP contribution < -0.4 is 5.32 Å². The molecule has 0 saturated carbocycles. The van der Waals surface area contributed by atoms with Crippen molar-refractivity contribution in [1.82, 2.24) is 0 Å². The SMILES string of the molecule is COC(=O)CCc1ccc(/C=C/C(=O)Nc2cccc(C(C)=O)c2)o1. The minimum absolute atomic E-state index is 0.0679. The molecule has 0 radical (unpaired) electrons. The second-order valence-corrected chi connectivity index (χ2v) is 5.34. The molecule has 2 rings (SSSR count). The van der Waals surface area contributed by atoms with E-state index in [1.54, 1.807) is 36.4 Å². The van der Waals surface area contributed by atoms with Crippen LogP contribution in [0.2, 0.25) is 0 Å². The molecule has 1 amide bonds. The van der Waals surface area contributed by atoms with Gasteiger partial charge in [-0.15, -0.1) is 0 Å². The number of hydrogen-bond donors (Lipinski definition) is 1. The Labute approximate surface area is 145 Å². The van der Waals surface area contributed by atoms with Crippen LogP contribution in [-0.2, 0) is 20.7 Å². The molecule has 0 fully saturated rings. The van der Waals surface area contributed by atoms with Crippen molar-refractivity contribution in [3.63, 3.8) is 0 Å². The van der Waals surface area contributed by atoms with E-state index in [1.807, 2.05) is 0 Å². The summed E-state index contributed by atoms with van der Waals surface area (Å²) in [4.78, 5) is 34.4. The Balaban J connectivity index is 1.92. The van der Waals surface area contributed by atoms with Crippen molar-refractivity contribution in [3.05, 3.63) is 59.6 Å². The molecule has 0 saturated heterocycles. The number of aryl methyl sites for hydroxylation is 1. The van der Waals surface area contributed by atoms with E-state index in [1.165, 1.54) is 26.2 Å². The number of Topliss-reactive ketones (excluding diaryl/α,β-unsaturated/α-hetero) is 1. The molecular weight excluding hydrogens is 322 g/mol. The molecule has 0 atom stereocenters. The molecule has 0 aliphatic heterocycles. The van der Waals surface area contributed by atoms with Crippen molar-refractivity contribution in [2.24, 2.45) is 0 Å². The summed E-state index contributed by atoms with van der Waals surface area (Å²) in [5.41, 5.74) is 1.07. The number of benzene rings is 1. The second-order valence-electron chi connectivity index (χ2n) is 5.34. The van der Waals surface area contributed by atoms with Gasteiger partial charge in [0, 0.05) is 23.7 Å². The maximum absolute atomic E-state index is 11.9. The quantitative estimate of drug-likeness (QED) is 0.475. The minimum Gasteiger partial charge on any atom is -0.469 e. The number of ether oxygens (including phenoxy) is 1. The second kappa shape index (κ2) is 8.63. The monoisotopic (exact) mass is 341 g/mol. The average Bonchev–Trinajstić information content (AvgIpc) is 3.06. The smallest absolute Gasteiger partial charge is 0.305 e. The van der Waals surface area contributed by atoms with E-state index < -0.39 is 0 Å². The maximum Gasteiger partial charge on any atom is 0.305 e. The third-order valence-corrected chi connectivity index (χ3v) is 3.42. The summed E-state index contributed by atoms with van der Waals surface area (Å²) in [6.07, 6.45) is 3.54. The van der Waals surface area contributed by atoms with Gasteiger partial charge in [0.1, 0.15) is 11.5 Å². The van der Waals surface area contributed by atoms with E-state index in [0.717, 1.165) is 0 Å². The van der Waals surface area contributed by atoms with Gasteiger partial charge in [0.15, 0.2) is 5.78 Å². The van der Waals surface area contributed by atoms with Gasteiger partial charge < -0.3 is 14.5 Å². The first-order valence-corrected chi connectivity index (χ1v) is 7.73. The number of carbonyl (C=O) groups is 3. The lowest BCUT2D eigenvalue weighted by molar-refractivity contribution is -0.140. The highest BCUT2D eigenvalue weighted by atomic mass is 16.5. The summed E-state index contributed by atoms with van der Waals surface area (Å²) >= 11 is 0. The Morgan fingerprint density at radius 3 is 2.72 bits per heavy atom. The fourth-order valence-electron chi connectivity index (χ4n) is 2.10. The van der Waals surface area contributed by atoms with Gasteiger partial charge in [0.2, 0.25) is 5.91 Å². The molecule has 25 heavy (non-hydrogen) atoms. The van der Waals surface area contributed by atoms with Crippen LogP contribution in [0.5, 0.6) is 0 Å². The van der Waals surface area contributed by atoms with Gasteiger partial charge in [-0.1, -0.05) is 12.1 Å². The van der Waals surface area contributed by atoms with Crippen LogP contribution in [0.3, 0.4) is 0 Å². The molecule has 1 N–H and O–H groups in total. The number of carbonyl (C=O) groups excluding carboxylic acids is 3. The predicted octanol–water partition coefficient (Wildman–Crippen LogP) is 3.24. The standard InChI is InChI=1S/C19H19NO5/c1-13(21)14-4-3-5-15(12-14)20-18(22)10-8-16-6-7-17(25-16)9-11-19(23)24-2/h3-8,10,12H,9,11H2,1-2H3,(H,20,22)/b10-8+. The van der Waals surface area contributed by atoms with E-state index in [-0.39, 0.29) is 24.1 Å². The molecule has 0 aliphatic rings. The van der Waals surface area contributed by atoms with Crippen LogP contribution in [0.4, 0.5) is 5.69 Å². The van der Waals surface area contributed by atoms with Crippen LogP contribution in [0.25, 0.3) is 6.08 Å². The molecular formula is C19H19NO5. The molecule has 2 aromatic rings. The number of amides is 1. The third-order valence-electron chi connectivity index (χ3n) is 3.42. The lowest BCUT2D eigenvalue weighted by atomic mass is 10.1. The highest BCUT2D eigenvalue weighted by molar-refractivity contribution is 6.03. The third kappa shape index (κ3) is 5.76. The van der Waals surface area contributed by atoms with Crippen LogP contribution in [0.15, 0.2) is 46.9 Å². The van der Waals surface area contributed by atoms with Crippen molar-refractivity contribution in [2.75, 3.05) is 12.4 Å². The summed E-state index contributed by atoms with van der Waals surface area (Å²) in [5.74, 6) is 0.433. The van der Waals surface area contributed by atoms with Crippen LogP contribution in [0.1, 0.15) is 35.2 Å². The van der Waals surface area contributed by atoms with E-state index in [2.05, 4.69) is 10.1 Å². The topological polar surface area (TPSA) is 85.6 Å². The Morgan fingerprint density at radius 2 is 2.00 bits per heavy atom. The number of hydrogen-bond acceptors (Lipinski definition) is 5. The first-order valence-electron chi connectivity index (χ1n) is 7.73. The van der Waals surface area contributed by atoms with E-state index in [0.29, 0.717) is 29.2 Å². The molecule has 1 heterocycles. The Bertz CT molecular complexity index is 804. The van der Waals surface area contributed by atoms with Crippen LogP contribution in [-0.4, -0.2) is 24.8 Å². The molecule has 130 valence electrons. The molecule has 1 aromatic carbocycles. The molecule has 0 unspecified atom stereocenters. The lowest BCUT2D eigenvalue weighted by Crippen LogP contribution is -2.08. The zero-order valence-electron chi connectivity index (χ0n) is 14.1. The molecule has 0 aliphatic carbocycles. The van der Waals surface area contributed by atoms with Crippen molar-refractivity contribution in [1.29, 1.82) is 0 Å². The van der Waals surface area contributed by atoms with E-state index in [9.17, 15) is 14.4 Å². The van der Waals surface area contributed by atoms with E-state index in [4.69, 9.17) is 4.42 Å². The molecule has 1 aromatic heterocycles. The summed E-state index contributed by atoms with van der Waals surface area (Å²) in [6.45, 7) is 1.47. The van der Waals surface area contributed by atoms with Crippen molar-refractivity contribution >= 4 is 29.4 Å². The highest BCUT2D eigenvalue weighted by Crippen LogP contribution is 2.13. The highest BCUT2D eigenvalue weighted by Gasteiger charge is 2.06. The van der Waals surface area contributed by atoms with Crippen LogP contribution in [0, 0.1) is 0 Å². The maximum atomic E-state index is 11.9. The fourth-order valence-corrected chi connectivity index (χ4v) is 2.10. The van der Waals surface area contributed by atoms with Gasteiger partial charge in [0.25, 0.3) is 0 Å². The Morgan fingerprint density at radius 1 is 1.20 bits per heavy atom. The van der Waals surface area contributed by atoms with E-state index >= 15 is 0 Å². The number of ketones is 1. The Kier molecular flexibility index (Phi) is 6.28. The molecule has 6 heteroatoms. The summed E-state index contributed by atoms with van der Waals surface area (Å²) in [5, 5.41) is 2.68. The van der Waals surface area contributed by atoms with Crippen LogP contribution >= 0.6 is 0 Å². The summed E-state index contributed by atoms with van der Waals surface area (Å²) < 4.78 is 10.1. The predicted molar refractivity (Wildman–Crippen MR) is 93.2 cm³/mol. The van der Waals surface area contributed by atoms with Gasteiger partial charge in [-0.2, -0.15) is 0 Å². The zero-order valence-corrected chi connectivity index (χ0v) is 14.1. The van der Waals surface area contributed by atoms with Gasteiger partial charge in [-0.3, -0.25) is 14.4 Å². The molecule has 6 nitrogen and oxygen atoms in total. The van der Waals surface area contributed by atoms with Crippen molar-refractivity contribution in [3.8, 4) is 0 Å². The number of nitrogens with one attached hydrogen (secondary N) is 1. The minimum atomic E-state index is -0.340. The average molecular weight is 341 g/mol. The normalized spacial score (nSPS) is 10.6. The number of anilines is 1. The fraction of sp³-hybridized carbons (Fsp3) is 0.211. The molecule has 0 bridgehead atoms. The zero-order chi connectivity index (χ0) is 18.2.